The number of ether oxygens (including phenoxy) is 1. The molecule has 0 saturated carbocycles. The standard InChI is InChI=1S/C26H26ClN5O3/c1-15-13-29-19(18-7-6-8-22(31-18)26(4,5)34)12-20(15)32-17(3)11-21(24(27)25(32)33)35-14-23-28-10-9-16(2)30-23/h6-13,34H,14H2,1-5H3. The minimum atomic E-state index is -1.09. The van der Waals surface area contributed by atoms with Crippen molar-refractivity contribution in [3.8, 4) is 22.8 Å². The van der Waals surface area contributed by atoms with E-state index in [1.807, 2.05) is 26.0 Å². The SMILES string of the molecule is Cc1ccnc(COc2cc(C)n(-c3cc(-c4cccc(C(C)(C)O)n4)ncc3C)c(=O)c2Cl)n1. The van der Waals surface area contributed by atoms with E-state index >= 15 is 0 Å². The number of nitrogens with zero attached hydrogens (tertiary/aromatic N) is 5. The molecular formula is C26H26ClN5O3. The van der Waals surface area contributed by atoms with Crippen LogP contribution in [0.2, 0.25) is 5.02 Å². The van der Waals surface area contributed by atoms with Crippen LogP contribution in [0.15, 0.2) is 53.6 Å². The lowest BCUT2D eigenvalue weighted by Crippen LogP contribution is -2.23. The highest BCUT2D eigenvalue weighted by molar-refractivity contribution is 6.31. The van der Waals surface area contributed by atoms with Gasteiger partial charge in [0.2, 0.25) is 0 Å². The van der Waals surface area contributed by atoms with E-state index in [-0.39, 0.29) is 17.4 Å². The van der Waals surface area contributed by atoms with Crippen LogP contribution >= 0.6 is 11.6 Å². The van der Waals surface area contributed by atoms with Gasteiger partial charge >= 0.3 is 0 Å². The van der Waals surface area contributed by atoms with Gasteiger partial charge in [-0.1, -0.05) is 17.7 Å². The number of aromatic nitrogens is 5. The topological polar surface area (TPSA) is 103 Å². The van der Waals surface area contributed by atoms with Gasteiger partial charge in [-0.25, -0.2) is 15.0 Å². The largest absolute Gasteiger partial charge is 0.484 e. The van der Waals surface area contributed by atoms with Gasteiger partial charge in [0.15, 0.2) is 5.82 Å². The normalized spacial score (nSPS) is 11.5. The molecule has 0 aromatic carbocycles. The van der Waals surface area contributed by atoms with Gasteiger partial charge in [-0.2, -0.15) is 0 Å². The first kappa shape index (κ1) is 24.5. The van der Waals surface area contributed by atoms with Gasteiger partial charge in [-0.3, -0.25) is 14.3 Å². The lowest BCUT2D eigenvalue weighted by Gasteiger charge is -2.18. The third-order valence-electron chi connectivity index (χ3n) is 5.46. The van der Waals surface area contributed by atoms with Crippen LogP contribution in [-0.4, -0.2) is 29.6 Å². The number of rotatable bonds is 6. The molecule has 0 unspecified atom stereocenters. The van der Waals surface area contributed by atoms with Gasteiger partial charge in [0.25, 0.3) is 5.56 Å². The molecule has 0 radical (unpaired) electrons. The Kier molecular flexibility index (Phi) is 6.69. The summed E-state index contributed by atoms with van der Waals surface area (Å²) in [5.74, 6) is 0.764. The lowest BCUT2D eigenvalue weighted by atomic mass is 10.0. The molecule has 0 saturated heterocycles. The Balaban J connectivity index is 1.72. The number of pyridine rings is 3. The molecule has 4 aromatic heterocycles. The first-order valence-corrected chi connectivity index (χ1v) is 11.4. The molecule has 4 aromatic rings. The monoisotopic (exact) mass is 491 g/mol. The highest BCUT2D eigenvalue weighted by Gasteiger charge is 2.20. The molecule has 0 atom stereocenters. The van der Waals surface area contributed by atoms with E-state index in [9.17, 15) is 9.90 Å². The maximum atomic E-state index is 13.3. The van der Waals surface area contributed by atoms with Crippen molar-refractivity contribution in [1.29, 1.82) is 0 Å². The van der Waals surface area contributed by atoms with Gasteiger partial charge in [0.05, 0.1) is 22.8 Å². The Labute approximate surface area is 208 Å². The van der Waals surface area contributed by atoms with Crippen molar-refractivity contribution in [3.63, 3.8) is 0 Å². The minimum Gasteiger partial charge on any atom is -0.484 e. The summed E-state index contributed by atoms with van der Waals surface area (Å²) in [6, 6.07) is 10.7. The summed E-state index contributed by atoms with van der Waals surface area (Å²) in [5.41, 5.74) is 3.04. The molecule has 0 spiro atoms. The van der Waals surface area contributed by atoms with Gasteiger partial charge < -0.3 is 9.84 Å². The fraction of sp³-hybridized carbons (Fsp3) is 0.269. The minimum absolute atomic E-state index is 0.0387. The van der Waals surface area contributed by atoms with Crippen LogP contribution in [-0.2, 0) is 12.2 Å². The number of halogens is 1. The Morgan fingerprint density at radius 3 is 2.54 bits per heavy atom. The smallest absolute Gasteiger partial charge is 0.277 e. The molecule has 35 heavy (non-hydrogen) atoms. The van der Waals surface area contributed by atoms with Crippen LogP contribution < -0.4 is 10.3 Å². The van der Waals surface area contributed by atoms with Gasteiger partial charge in [-0.15, -0.1) is 0 Å². The van der Waals surface area contributed by atoms with E-state index in [2.05, 4.69) is 19.9 Å². The van der Waals surface area contributed by atoms with Crippen molar-refractivity contribution in [3.05, 3.63) is 92.6 Å². The molecule has 0 aliphatic carbocycles. The molecule has 0 bridgehead atoms. The second-order valence-corrected chi connectivity index (χ2v) is 9.21. The van der Waals surface area contributed by atoms with Crippen molar-refractivity contribution in [2.75, 3.05) is 0 Å². The number of hydrogen-bond acceptors (Lipinski definition) is 7. The quantitative estimate of drug-likeness (QED) is 0.424. The van der Waals surface area contributed by atoms with Gasteiger partial charge in [0.1, 0.15) is 23.0 Å². The second-order valence-electron chi connectivity index (χ2n) is 8.83. The van der Waals surface area contributed by atoms with E-state index < -0.39 is 11.2 Å². The Bertz CT molecular complexity index is 1460. The molecule has 0 amide bonds. The van der Waals surface area contributed by atoms with Crippen molar-refractivity contribution in [1.82, 2.24) is 24.5 Å². The summed E-state index contributed by atoms with van der Waals surface area (Å²) >= 11 is 6.44. The Hall–Kier alpha value is -3.62. The average molecular weight is 492 g/mol. The number of hydrogen-bond donors (Lipinski definition) is 1. The highest BCUT2D eigenvalue weighted by Crippen LogP contribution is 2.27. The zero-order valence-corrected chi connectivity index (χ0v) is 21.0. The van der Waals surface area contributed by atoms with Gasteiger partial charge in [-0.05, 0) is 64.4 Å². The summed E-state index contributed by atoms with van der Waals surface area (Å²) in [6.45, 7) is 8.98. The molecule has 4 heterocycles. The van der Waals surface area contributed by atoms with E-state index in [1.54, 1.807) is 57.4 Å². The predicted octanol–water partition coefficient (Wildman–Crippen LogP) is 4.47. The van der Waals surface area contributed by atoms with E-state index in [4.69, 9.17) is 16.3 Å². The summed E-state index contributed by atoms with van der Waals surface area (Å²) in [7, 11) is 0. The van der Waals surface area contributed by atoms with Crippen molar-refractivity contribution in [2.45, 2.75) is 46.8 Å². The van der Waals surface area contributed by atoms with E-state index in [1.165, 1.54) is 4.57 Å². The molecule has 4 rings (SSSR count). The van der Waals surface area contributed by atoms with Crippen LogP contribution in [0.5, 0.6) is 5.75 Å². The van der Waals surface area contributed by atoms with Crippen LogP contribution in [0.4, 0.5) is 0 Å². The van der Waals surface area contributed by atoms with Crippen LogP contribution in [0.3, 0.4) is 0 Å². The fourth-order valence-corrected chi connectivity index (χ4v) is 3.80. The van der Waals surface area contributed by atoms with Crippen LogP contribution in [0.1, 0.15) is 42.3 Å². The van der Waals surface area contributed by atoms with E-state index in [0.717, 1.165) is 11.3 Å². The zero-order valence-electron chi connectivity index (χ0n) is 20.2. The van der Waals surface area contributed by atoms with Crippen molar-refractivity contribution < 1.29 is 9.84 Å². The molecule has 0 fully saturated rings. The summed E-state index contributed by atoms with van der Waals surface area (Å²) in [6.07, 6.45) is 3.34. The molecule has 1 N–H and O–H groups in total. The van der Waals surface area contributed by atoms with E-state index in [0.29, 0.717) is 34.3 Å². The predicted molar refractivity (Wildman–Crippen MR) is 134 cm³/mol. The Morgan fingerprint density at radius 1 is 1.06 bits per heavy atom. The molecule has 8 nitrogen and oxygen atoms in total. The molecule has 0 aliphatic heterocycles. The second kappa shape index (κ2) is 9.56. The van der Waals surface area contributed by atoms with Crippen molar-refractivity contribution >= 4 is 11.6 Å². The molecule has 180 valence electrons. The maximum absolute atomic E-state index is 13.3. The first-order valence-electron chi connectivity index (χ1n) is 11.1. The number of aliphatic hydroxyl groups is 1. The van der Waals surface area contributed by atoms with Gasteiger partial charge in [0, 0.05) is 29.8 Å². The third kappa shape index (κ3) is 5.23. The lowest BCUT2D eigenvalue weighted by molar-refractivity contribution is 0.0740. The third-order valence-corrected chi connectivity index (χ3v) is 5.80. The number of aryl methyl sites for hydroxylation is 3. The Morgan fingerprint density at radius 2 is 1.83 bits per heavy atom. The van der Waals surface area contributed by atoms with Crippen molar-refractivity contribution in [2.24, 2.45) is 0 Å². The summed E-state index contributed by atoms with van der Waals surface area (Å²) in [5, 5.41) is 10.3. The maximum Gasteiger partial charge on any atom is 0.277 e. The molecule has 9 heteroatoms. The fourth-order valence-electron chi connectivity index (χ4n) is 3.61. The van der Waals surface area contributed by atoms with Crippen LogP contribution in [0.25, 0.3) is 17.1 Å². The molecule has 0 aliphatic rings. The van der Waals surface area contributed by atoms with Crippen LogP contribution in [0, 0.1) is 20.8 Å². The summed E-state index contributed by atoms with van der Waals surface area (Å²) in [4.78, 5) is 30.8. The average Bonchev–Trinajstić information content (AvgIpc) is 2.81. The molecular weight excluding hydrogens is 466 g/mol. The highest BCUT2D eigenvalue weighted by atomic mass is 35.5. The first-order chi connectivity index (χ1) is 16.5. The zero-order chi connectivity index (χ0) is 25.3. The summed E-state index contributed by atoms with van der Waals surface area (Å²) < 4.78 is 7.31.